The quantitative estimate of drug-likeness (QED) is 0.702. The van der Waals surface area contributed by atoms with E-state index >= 15 is 0 Å². The van der Waals surface area contributed by atoms with Crippen LogP contribution in [0, 0.1) is 0 Å². The highest BCUT2D eigenvalue weighted by atomic mass is 16.6. The minimum absolute atomic E-state index is 0.406. The molecule has 94 valence electrons. The highest BCUT2D eigenvalue weighted by Gasteiger charge is 2.23. The van der Waals surface area contributed by atoms with Crippen molar-refractivity contribution in [3.05, 3.63) is 42.2 Å². The van der Waals surface area contributed by atoms with Crippen molar-refractivity contribution in [1.82, 2.24) is 0 Å². The molecule has 1 aromatic carbocycles. The van der Waals surface area contributed by atoms with Gasteiger partial charge in [-0.1, -0.05) is 18.2 Å². The summed E-state index contributed by atoms with van der Waals surface area (Å²) in [5, 5.41) is 0. The minimum atomic E-state index is -0.521. The van der Waals surface area contributed by atoms with Crippen LogP contribution in [-0.2, 0) is 4.74 Å². The molecular weight excluding hydrogens is 228 g/mol. The Morgan fingerprint density at radius 3 is 2.72 bits per heavy atom. The van der Waals surface area contributed by atoms with Crippen molar-refractivity contribution in [2.24, 2.45) is 4.99 Å². The first-order chi connectivity index (χ1) is 8.47. The molecule has 1 aliphatic rings. The third kappa shape index (κ3) is 2.77. The summed E-state index contributed by atoms with van der Waals surface area (Å²) in [7, 11) is 0. The molecule has 0 radical (unpaired) electrons. The Hall–Kier alpha value is -2.10. The molecule has 0 fully saturated rings. The van der Waals surface area contributed by atoms with Gasteiger partial charge >= 0.3 is 6.09 Å². The Bertz CT molecular complexity index is 513. The molecular formula is C14H16N2O2. The van der Waals surface area contributed by atoms with E-state index < -0.39 is 11.7 Å². The Kier molecular flexibility index (Phi) is 3.19. The second-order valence-electron chi connectivity index (χ2n) is 4.99. The fraction of sp³-hybridized carbons (Fsp3) is 0.286. The first kappa shape index (κ1) is 12.4. The number of benzene rings is 1. The van der Waals surface area contributed by atoms with Crippen LogP contribution in [0.25, 0.3) is 0 Å². The maximum atomic E-state index is 12.1. The monoisotopic (exact) mass is 244 g/mol. The summed E-state index contributed by atoms with van der Waals surface area (Å²) < 4.78 is 5.37. The predicted molar refractivity (Wildman–Crippen MR) is 71.9 cm³/mol. The van der Waals surface area contributed by atoms with E-state index in [1.54, 1.807) is 18.6 Å². The second-order valence-corrected chi connectivity index (χ2v) is 4.99. The first-order valence-electron chi connectivity index (χ1n) is 5.78. The molecule has 4 heteroatoms. The van der Waals surface area contributed by atoms with Crippen molar-refractivity contribution in [1.29, 1.82) is 0 Å². The number of rotatable bonds is 0. The van der Waals surface area contributed by atoms with Gasteiger partial charge in [-0.3, -0.25) is 9.89 Å². The van der Waals surface area contributed by atoms with Gasteiger partial charge in [0.2, 0.25) is 0 Å². The highest BCUT2D eigenvalue weighted by molar-refractivity contribution is 5.98. The number of para-hydroxylation sites is 1. The second kappa shape index (κ2) is 4.64. The van der Waals surface area contributed by atoms with E-state index in [4.69, 9.17) is 4.74 Å². The van der Waals surface area contributed by atoms with Crippen molar-refractivity contribution in [3.8, 4) is 0 Å². The largest absolute Gasteiger partial charge is 0.443 e. The van der Waals surface area contributed by atoms with Crippen LogP contribution in [0.1, 0.15) is 26.3 Å². The van der Waals surface area contributed by atoms with Crippen LogP contribution in [0.3, 0.4) is 0 Å². The lowest BCUT2D eigenvalue weighted by Gasteiger charge is -2.25. The number of fused-ring (bicyclic) bond motifs is 1. The normalized spacial score (nSPS) is 14.1. The van der Waals surface area contributed by atoms with Gasteiger partial charge in [-0.2, -0.15) is 0 Å². The van der Waals surface area contributed by atoms with Crippen LogP contribution in [0.5, 0.6) is 0 Å². The SMILES string of the molecule is CC(C)(C)OC(=O)N1C=CN=Cc2ccccc21. The molecule has 0 saturated carbocycles. The molecule has 1 heterocycles. The maximum absolute atomic E-state index is 12.1. The molecule has 4 nitrogen and oxygen atoms in total. The lowest BCUT2D eigenvalue weighted by atomic mass is 10.2. The fourth-order valence-electron chi connectivity index (χ4n) is 1.60. The number of amides is 1. The number of hydrogen-bond acceptors (Lipinski definition) is 3. The van der Waals surface area contributed by atoms with Crippen LogP contribution in [0.4, 0.5) is 10.5 Å². The topological polar surface area (TPSA) is 41.9 Å². The lowest BCUT2D eigenvalue weighted by molar-refractivity contribution is 0.0596. The summed E-state index contributed by atoms with van der Waals surface area (Å²) in [5.74, 6) is 0. The number of nitrogens with zero attached hydrogens (tertiary/aromatic N) is 2. The summed E-state index contributed by atoms with van der Waals surface area (Å²) in [6.45, 7) is 5.53. The predicted octanol–water partition coefficient (Wildman–Crippen LogP) is 3.33. The van der Waals surface area contributed by atoms with Crippen molar-refractivity contribution in [2.45, 2.75) is 26.4 Å². The zero-order valence-electron chi connectivity index (χ0n) is 10.8. The van der Waals surface area contributed by atoms with E-state index in [-0.39, 0.29) is 0 Å². The lowest BCUT2D eigenvalue weighted by Crippen LogP contribution is -2.33. The van der Waals surface area contributed by atoms with Crippen molar-refractivity contribution in [2.75, 3.05) is 4.90 Å². The number of carbonyl (C=O) groups is 1. The van der Waals surface area contributed by atoms with Gasteiger partial charge in [-0.15, -0.1) is 0 Å². The summed E-state index contributed by atoms with van der Waals surface area (Å²) in [6, 6.07) is 7.55. The molecule has 0 N–H and O–H groups in total. The third-order valence-corrected chi connectivity index (χ3v) is 2.30. The number of aliphatic imine (C=N–C) groups is 1. The standard InChI is InChI=1S/C14H16N2O2/c1-14(2,3)18-13(17)16-9-8-15-10-11-6-4-5-7-12(11)16/h4-10H,1-3H3. The molecule has 18 heavy (non-hydrogen) atoms. The van der Waals surface area contributed by atoms with Gasteiger partial charge in [-0.25, -0.2) is 4.79 Å². The third-order valence-electron chi connectivity index (χ3n) is 2.30. The molecule has 0 atom stereocenters. The van der Waals surface area contributed by atoms with Gasteiger partial charge in [0.25, 0.3) is 0 Å². The van der Waals surface area contributed by atoms with Crippen LogP contribution >= 0.6 is 0 Å². The number of hydrogen-bond donors (Lipinski definition) is 0. The van der Waals surface area contributed by atoms with Crippen molar-refractivity contribution in [3.63, 3.8) is 0 Å². The first-order valence-corrected chi connectivity index (χ1v) is 5.78. The molecule has 0 unspecified atom stereocenters. The summed E-state index contributed by atoms with van der Waals surface area (Å²) in [5.41, 5.74) is 1.13. The van der Waals surface area contributed by atoms with Gasteiger partial charge in [0.15, 0.2) is 0 Å². The molecule has 1 aliphatic heterocycles. The average Bonchev–Trinajstić information content (AvgIpc) is 2.48. The Morgan fingerprint density at radius 1 is 1.28 bits per heavy atom. The summed E-state index contributed by atoms with van der Waals surface area (Å²) in [6.07, 6.45) is 4.49. The van der Waals surface area contributed by atoms with E-state index in [0.29, 0.717) is 0 Å². The molecule has 0 spiro atoms. The fourth-order valence-corrected chi connectivity index (χ4v) is 1.60. The Labute approximate surface area is 107 Å². The zero-order valence-corrected chi connectivity index (χ0v) is 10.8. The molecule has 0 aromatic heterocycles. The maximum Gasteiger partial charge on any atom is 0.419 e. The van der Waals surface area contributed by atoms with Crippen molar-refractivity contribution >= 4 is 18.0 Å². The van der Waals surface area contributed by atoms with Gasteiger partial charge < -0.3 is 4.74 Å². The molecule has 0 saturated heterocycles. The molecule has 2 rings (SSSR count). The average molecular weight is 244 g/mol. The van der Waals surface area contributed by atoms with Crippen LogP contribution in [0.15, 0.2) is 41.7 Å². The van der Waals surface area contributed by atoms with E-state index in [1.165, 1.54) is 4.90 Å². The van der Waals surface area contributed by atoms with Crippen LogP contribution in [0.2, 0.25) is 0 Å². The number of carbonyl (C=O) groups excluding carboxylic acids is 1. The molecule has 0 aliphatic carbocycles. The smallest absolute Gasteiger partial charge is 0.419 e. The molecule has 0 bridgehead atoms. The van der Waals surface area contributed by atoms with Gasteiger partial charge in [0.05, 0.1) is 5.69 Å². The van der Waals surface area contributed by atoms with E-state index in [0.717, 1.165) is 11.3 Å². The van der Waals surface area contributed by atoms with E-state index in [9.17, 15) is 4.79 Å². The van der Waals surface area contributed by atoms with Crippen molar-refractivity contribution < 1.29 is 9.53 Å². The Balaban J connectivity index is 2.32. The number of ether oxygens (including phenoxy) is 1. The molecule has 1 aromatic rings. The number of anilines is 1. The summed E-state index contributed by atoms with van der Waals surface area (Å²) in [4.78, 5) is 17.7. The van der Waals surface area contributed by atoms with Crippen LogP contribution in [-0.4, -0.2) is 17.9 Å². The van der Waals surface area contributed by atoms with Gasteiger partial charge in [-0.05, 0) is 26.8 Å². The van der Waals surface area contributed by atoms with Gasteiger partial charge in [0.1, 0.15) is 5.60 Å². The van der Waals surface area contributed by atoms with Gasteiger partial charge in [0, 0.05) is 24.2 Å². The zero-order chi connectivity index (χ0) is 13.2. The minimum Gasteiger partial charge on any atom is -0.443 e. The van der Waals surface area contributed by atoms with E-state index in [1.807, 2.05) is 45.0 Å². The van der Waals surface area contributed by atoms with E-state index in [2.05, 4.69) is 4.99 Å². The summed E-state index contributed by atoms with van der Waals surface area (Å²) >= 11 is 0. The van der Waals surface area contributed by atoms with Crippen LogP contribution < -0.4 is 4.90 Å². The molecule has 1 amide bonds. The Morgan fingerprint density at radius 2 is 2.00 bits per heavy atom. The highest BCUT2D eigenvalue weighted by Crippen LogP contribution is 2.23.